The van der Waals surface area contributed by atoms with Gasteiger partial charge in [0.05, 0.1) is 11.2 Å². The van der Waals surface area contributed by atoms with E-state index in [1.807, 2.05) is 31.2 Å². The van der Waals surface area contributed by atoms with E-state index in [9.17, 15) is 18.3 Å². The smallest absolute Gasteiger partial charge is 0.385 e. The lowest BCUT2D eigenvalue weighted by atomic mass is 9.84. The van der Waals surface area contributed by atoms with E-state index in [1.54, 1.807) is 6.07 Å². The molecule has 1 aliphatic heterocycles. The zero-order valence-corrected chi connectivity index (χ0v) is 14.7. The second-order valence-corrected chi connectivity index (χ2v) is 7.44. The Bertz CT molecular complexity index is 755. The molecule has 0 unspecified atom stereocenters. The summed E-state index contributed by atoms with van der Waals surface area (Å²) >= 11 is 1.11. The lowest BCUT2D eigenvalue weighted by molar-refractivity contribution is -0.140. The Hall–Kier alpha value is -1.50. The lowest BCUT2D eigenvalue weighted by Crippen LogP contribution is -2.39. The molecule has 2 nitrogen and oxygen atoms in total. The van der Waals surface area contributed by atoms with Crippen molar-refractivity contribution >= 4 is 11.8 Å². The summed E-state index contributed by atoms with van der Waals surface area (Å²) in [5.74, 6) is 0. The summed E-state index contributed by atoms with van der Waals surface area (Å²) in [5, 5.41) is 13.9. The van der Waals surface area contributed by atoms with Gasteiger partial charge in [-0.15, -0.1) is 0 Å². The van der Waals surface area contributed by atoms with Gasteiger partial charge in [0.15, 0.2) is 0 Å². The predicted molar refractivity (Wildman–Crippen MR) is 92.7 cm³/mol. The molecule has 0 atom stereocenters. The molecule has 0 amide bonds. The van der Waals surface area contributed by atoms with Gasteiger partial charge in [0.2, 0.25) is 0 Å². The molecule has 2 aromatic carbocycles. The van der Waals surface area contributed by atoms with Gasteiger partial charge in [-0.2, -0.15) is 13.2 Å². The van der Waals surface area contributed by atoms with Crippen molar-refractivity contribution < 1.29 is 18.3 Å². The number of hydrogen-bond donors (Lipinski definition) is 2. The van der Waals surface area contributed by atoms with Gasteiger partial charge >= 0.3 is 6.18 Å². The topological polar surface area (TPSA) is 32.3 Å². The normalized spacial score (nSPS) is 17.5. The van der Waals surface area contributed by atoms with Gasteiger partial charge < -0.3 is 10.4 Å². The number of hydrogen-bond acceptors (Lipinski definition) is 3. The maximum atomic E-state index is 13.6. The first-order chi connectivity index (χ1) is 11.8. The molecule has 134 valence electrons. The summed E-state index contributed by atoms with van der Waals surface area (Å²) in [6.07, 6.45) is -3.65. The van der Waals surface area contributed by atoms with Gasteiger partial charge in [-0.05, 0) is 62.2 Å². The van der Waals surface area contributed by atoms with E-state index in [1.165, 1.54) is 6.07 Å². The molecule has 0 spiro atoms. The van der Waals surface area contributed by atoms with Gasteiger partial charge in [0, 0.05) is 9.79 Å². The molecule has 0 radical (unpaired) electrons. The SMILES string of the molecule is Cc1ccccc1Sc1ccc(C2(O)CCNCC2)cc1C(F)(F)F. The maximum absolute atomic E-state index is 13.6. The average molecular weight is 367 g/mol. The number of aliphatic hydroxyl groups is 1. The second-order valence-electron chi connectivity index (χ2n) is 6.36. The largest absolute Gasteiger partial charge is 0.417 e. The fourth-order valence-electron chi connectivity index (χ4n) is 3.05. The van der Waals surface area contributed by atoms with Crippen LogP contribution in [0, 0.1) is 6.92 Å². The number of halogens is 3. The number of benzene rings is 2. The Morgan fingerprint density at radius 1 is 1.04 bits per heavy atom. The van der Waals surface area contributed by atoms with Crippen molar-refractivity contribution in [2.24, 2.45) is 0 Å². The Balaban J connectivity index is 2.00. The number of rotatable bonds is 3. The van der Waals surface area contributed by atoms with Gasteiger partial charge in [-0.1, -0.05) is 36.0 Å². The highest BCUT2D eigenvalue weighted by Crippen LogP contribution is 2.43. The summed E-state index contributed by atoms with van der Waals surface area (Å²) in [7, 11) is 0. The molecular weight excluding hydrogens is 347 g/mol. The van der Waals surface area contributed by atoms with Crippen LogP contribution in [-0.2, 0) is 11.8 Å². The Labute approximate surface area is 149 Å². The van der Waals surface area contributed by atoms with Crippen molar-refractivity contribution in [1.29, 1.82) is 0 Å². The molecule has 1 heterocycles. The molecule has 6 heteroatoms. The van der Waals surface area contributed by atoms with Gasteiger partial charge in [0.25, 0.3) is 0 Å². The van der Waals surface area contributed by atoms with Crippen LogP contribution in [0.4, 0.5) is 13.2 Å². The highest BCUT2D eigenvalue weighted by molar-refractivity contribution is 7.99. The highest BCUT2D eigenvalue weighted by Gasteiger charge is 2.37. The average Bonchev–Trinajstić information content (AvgIpc) is 2.57. The minimum absolute atomic E-state index is 0.156. The number of nitrogens with one attached hydrogen (secondary N) is 1. The molecule has 25 heavy (non-hydrogen) atoms. The van der Waals surface area contributed by atoms with Crippen LogP contribution in [0.3, 0.4) is 0 Å². The first-order valence-electron chi connectivity index (χ1n) is 8.18. The first kappa shape index (κ1) is 18.3. The summed E-state index contributed by atoms with van der Waals surface area (Å²) in [6, 6.07) is 11.6. The first-order valence-corrected chi connectivity index (χ1v) is 8.99. The third-order valence-electron chi connectivity index (χ3n) is 4.57. The van der Waals surface area contributed by atoms with Gasteiger partial charge in [-0.3, -0.25) is 0 Å². The molecule has 0 aliphatic carbocycles. The molecule has 2 aromatic rings. The van der Waals surface area contributed by atoms with Crippen LogP contribution < -0.4 is 5.32 Å². The molecule has 0 bridgehead atoms. The van der Waals surface area contributed by atoms with Crippen LogP contribution in [-0.4, -0.2) is 18.2 Å². The summed E-state index contributed by atoms with van der Waals surface area (Å²) in [6.45, 7) is 3.07. The van der Waals surface area contributed by atoms with Crippen LogP contribution in [0.2, 0.25) is 0 Å². The van der Waals surface area contributed by atoms with Crippen LogP contribution in [0.25, 0.3) is 0 Å². The van der Waals surface area contributed by atoms with Crippen molar-refractivity contribution in [3.8, 4) is 0 Å². The summed E-state index contributed by atoms with van der Waals surface area (Å²) in [4.78, 5) is 0.949. The predicted octanol–water partition coefficient (Wildman–Crippen LogP) is 4.74. The van der Waals surface area contributed by atoms with E-state index in [0.29, 0.717) is 31.5 Å². The summed E-state index contributed by atoms with van der Waals surface area (Å²) in [5.41, 5.74) is -0.612. The monoisotopic (exact) mass is 367 g/mol. The highest BCUT2D eigenvalue weighted by atomic mass is 32.2. The fraction of sp³-hybridized carbons (Fsp3) is 0.368. The number of alkyl halides is 3. The van der Waals surface area contributed by atoms with E-state index in [2.05, 4.69) is 5.32 Å². The fourth-order valence-corrected chi connectivity index (χ4v) is 4.08. The summed E-state index contributed by atoms with van der Waals surface area (Å²) < 4.78 is 40.8. The Morgan fingerprint density at radius 2 is 1.72 bits per heavy atom. The second kappa shape index (κ2) is 7.02. The molecule has 0 saturated carbocycles. The van der Waals surface area contributed by atoms with Crippen LogP contribution in [0.15, 0.2) is 52.3 Å². The van der Waals surface area contributed by atoms with E-state index in [4.69, 9.17) is 0 Å². The van der Waals surface area contributed by atoms with Gasteiger partial charge in [-0.25, -0.2) is 0 Å². The van der Waals surface area contributed by atoms with Crippen molar-refractivity contribution in [3.63, 3.8) is 0 Å². The van der Waals surface area contributed by atoms with Gasteiger partial charge in [0.1, 0.15) is 0 Å². The Morgan fingerprint density at radius 3 is 2.36 bits per heavy atom. The molecule has 2 N–H and O–H groups in total. The number of piperidine rings is 1. The number of aryl methyl sites for hydroxylation is 1. The molecular formula is C19H20F3NOS. The van der Waals surface area contributed by atoms with Crippen molar-refractivity contribution in [2.45, 2.75) is 41.3 Å². The maximum Gasteiger partial charge on any atom is 0.417 e. The molecule has 1 fully saturated rings. The van der Waals surface area contributed by atoms with Crippen molar-refractivity contribution in [3.05, 3.63) is 59.2 Å². The van der Waals surface area contributed by atoms with E-state index in [-0.39, 0.29) is 4.90 Å². The third kappa shape index (κ3) is 4.02. The zero-order chi connectivity index (χ0) is 18.1. The standard InChI is InChI=1S/C19H20F3NOS/c1-13-4-2-3-5-16(13)25-17-7-6-14(12-15(17)19(20,21)22)18(24)8-10-23-11-9-18/h2-7,12,23-24H,8-11H2,1H3. The van der Waals surface area contributed by atoms with Crippen molar-refractivity contribution in [2.75, 3.05) is 13.1 Å². The minimum atomic E-state index is -4.47. The molecule has 3 rings (SSSR count). The van der Waals surface area contributed by atoms with E-state index >= 15 is 0 Å². The van der Waals surface area contributed by atoms with E-state index < -0.39 is 17.3 Å². The molecule has 1 aliphatic rings. The molecule has 0 aromatic heterocycles. The van der Waals surface area contributed by atoms with Crippen LogP contribution >= 0.6 is 11.8 Å². The minimum Gasteiger partial charge on any atom is -0.385 e. The van der Waals surface area contributed by atoms with Crippen molar-refractivity contribution in [1.82, 2.24) is 5.32 Å². The van der Waals surface area contributed by atoms with E-state index in [0.717, 1.165) is 28.3 Å². The third-order valence-corrected chi connectivity index (χ3v) is 5.82. The lowest BCUT2D eigenvalue weighted by Gasteiger charge is -2.33. The zero-order valence-electron chi connectivity index (χ0n) is 13.9. The van der Waals surface area contributed by atoms with Crippen LogP contribution in [0.5, 0.6) is 0 Å². The van der Waals surface area contributed by atoms with Crippen LogP contribution in [0.1, 0.15) is 29.5 Å². The Kier molecular flexibility index (Phi) is 5.14. The quantitative estimate of drug-likeness (QED) is 0.822. The molecule has 1 saturated heterocycles.